The van der Waals surface area contributed by atoms with Gasteiger partial charge in [0.1, 0.15) is 0 Å². The zero-order valence-corrected chi connectivity index (χ0v) is 13.6. The maximum atomic E-state index is 12.2. The molecule has 0 aliphatic heterocycles. The standard InChI is InChI=1S/C17H21NO5/c1-5-8-22-15-10-12(17(20)23-9-6-2)13(11-14(15)21-4)18-16(19)7-3/h3,10-11H,5-6,8-9H2,1-2,4H3,(H,18,19). The van der Waals surface area contributed by atoms with Gasteiger partial charge in [-0.3, -0.25) is 4.79 Å². The summed E-state index contributed by atoms with van der Waals surface area (Å²) in [5, 5.41) is 2.46. The fourth-order valence-electron chi connectivity index (χ4n) is 1.75. The number of anilines is 1. The van der Waals surface area contributed by atoms with Gasteiger partial charge >= 0.3 is 5.97 Å². The number of ether oxygens (including phenoxy) is 3. The summed E-state index contributed by atoms with van der Waals surface area (Å²) in [6, 6.07) is 2.97. The van der Waals surface area contributed by atoms with E-state index in [1.807, 2.05) is 19.8 Å². The second-order valence-electron chi connectivity index (χ2n) is 4.63. The number of carbonyl (C=O) groups is 2. The van der Waals surface area contributed by atoms with Gasteiger partial charge in [0.15, 0.2) is 11.5 Å². The summed E-state index contributed by atoms with van der Waals surface area (Å²) in [5.74, 6) is 1.49. The topological polar surface area (TPSA) is 73.9 Å². The van der Waals surface area contributed by atoms with Gasteiger partial charge in [-0.1, -0.05) is 13.8 Å². The van der Waals surface area contributed by atoms with Gasteiger partial charge in [0.05, 0.1) is 31.6 Å². The minimum Gasteiger partial charge on any atom is -0.493 e. The van der Waals surface area contributed by atoms with E-state index in [-0.39, 0.29) is 17.9 Å². The number of benzene rings is 1. The first-order chi connectivity index (χ1) is 11.1. The van der Waals surface area contributed by atoms with E-state index in [0.29, 0.717) is 24.5 Å². The van der Waals surface area contributed by atoms with Gasteiger partial charge in [-0.2, -0.15) is 0 Å². The van der Waals surface area contributed by atoms with Crippen molar-refractivity contribution in [2.75, 3.05) is 25.6 Å². The number of terminal acetylenes is 1. The van der Waals surface area contributed by atoms with Crippen LogP contribution in [0, 0.1) is 12.3 Å². The van der Waals surface area contributed by atoms with E-state index in [0.717, 1.165) is 6.42 Å². The SMILES string of the molecule is C#CC(=O)Nc1cc(OC)c(OCCC)cc1C(=O)OCCC. The molecular formula is C17H21NO5. The monoisotopic (exact) mass is 319 g/mol. The molecule has 0 saturated carbocycles. The highest BCUT2D eigenvalue weighted by molar-refractivity contribution is 6.08. The molecule has 1 aromatic rings. The largest absolute Gasteiger partial charge is 0.493 e. The van der Waals surface area contributed by atoms with Crippen molar-refractivity contribution in [2.24, 2.45) is 0 Å². The second kappa shape index (κ2) is 9.36. The summed E-state index contributed by atoms with van der Waals surface area (Å²) >= 11 is 0. The lowest BCUT2D eigenvalue weighted by Crippen LogP contribution is -2.15. The number of hydrogen-bond acceptors (Lipinski definition) is 5. The zero-order valence-electron chi connectivity index (χ0n) is 13.6. The predicted molar refractivity (Wildman–Crippen MR) is 86.8 cm³/mol. The van der Waals surface area contributed by atoms with Gasteiger partial charge in [-0.15, -0.1) is 6.42 Å². The molecule has 0 aliphatic rings. The number of esters is 1. The molecule has 0 aromatic heterocycles. The van der Waals surface area contributed by atoms with Gasteiger partial charge in [0, 0.05) is 12.1 Å². The minimum absolute atomic E-state index is 0.161. The van der Waals surface area contributed by atoms with Crippen LogP contribution in [0.5, 0.6) is 11.5 Å². The molecule has 124 valence electrons. The molecular weight excluding hydrogens is 298 g/mol. The number of carbonyl (C=O) groups excluding carboxylic acids is 2. The Hall–Kier alpha value is -2.68. The summed E-state index contributed by atoms with van der Waals surface area (Å²) in [5.41, 5.74) is 0.378. The fourth-order valence-corrected chi connectivity index (χ4v) is 1.75. The van der Waals surface area contributed by atoms with Gasteiger partial charge in [-0.25, -0.2) is 4.79 Å². The molecule has 1 aromatic carbocycles. The summed E-state index contributed by atoms with van der Waals surface area (Å²) < 4.78 is 15.9. The van der Waals surface area contributed by atoms with Crippen molar-refractivity contribution in [3.05, 3.63) is 17.7 Å². The van der Waals surface area contributed by atoms with Gasteiger partial charge < -0.3 is 19.5 Å². The van der Waals surface area contributed by atoms with Crippen LogP contribution in [0.25, 0.3) is 0 Å². The van der Waals surface area contributed by atoms with Crippen LogP contribution in [0.3, 0.4) is 0 Å². The molecule has 0 saturated heterocycles. The van der Waals surface area contributed by atoms with Crippen LogP contribution >= 0.6 is 0 Å². The predicted octanol–water partition coefficient (Wildman–Crippen LogP) is 2.62. The molecule has 0 spiro atoms. The lowest BCUT2D eigenvalue weighted by molar-refractivity contribution is -0.111. The van der Waals surface area contributed by atoms with E-state index in [1.54, 1.807) is 0 Å². The van der Waals surface area contributed by atoms with Crippen LogP contribution in [0.1, 0.15) is 37.0 Å². The highest BCUT2D eigenvalue weighted by Crippen LogP contribution is 2.34. The van der Waals surface area contributed by atoms with E-state index < -0.39 is 11.9 Å². The fraction of sp³-hybridized carbons (Fsp3) is 0.412. The average molecular weight is 319 g/mol. The molecule has 0 aliphatic carbocycles. The maximum Gasteiger partial charge on any atom is 0.340 e. The first kappa shape index (κ1) is 18.4. The number of rotatable bonds is 8. The lowest BCUT2D eigenvalue weighted by Gasteiger charge is -2.15. The maximum absolute atomic E-state index is 12.2. The second-order valence-corrected chi connectivity index (χ2v) is 4.63. The molecule has 0 heterocycles. The van der Waals surface area contributed by atoms with E-state index in [2.05, 4.69) is 5.32 Å². The normalized spacial score (nSPS) is 9.65. The minimum atomic E-state index is -0.668. The quantitative estimate of drug-likeness (QED) is 0.589. The highest BCUT2D eigenvalue weighted by atomic mass is 16.5. The molecule has 1 rings (SSSR count). The molecule has 0 unspecified atom stereocenters. The first-order valence-corrected chi connectivity index (χ1v) is 7.36. The third kappa shape index (κ3) is 5.22. The van der Waals surface area contributed by atoms with Crippen LogP contribution in [-0.4, -0.2) is 32.2 Å². The van der Waals surface area contributed by atoms with E-state index in [4.69, 9.17) is 20.6 Å². The highest BCUT2D eigenvalue weighted by Gasteiger charge is 2.19. The van der Waals surface area contributed by atoms with Crippen molar-refractivity contribution < 1.29 is 23.8 Å². The van der Waals surface area contributed by atoms with Gasteiger partial charge in [0.2, 0.25) is 0 Å². The molecule has 0 atom stereocenters. The molecule has 1 N–H and O–H groups in total. The third-order valence-corrected chi connectivity index (χ3v) is 2.80. The Kier molecular flexibility index (Phi) is 7.48. The molecule has 23 heavy (non-hydrogen) atoms. The summed E-state index contributed by atoms with van der Waals surface area (Å²) in [7, 11) is 1.47. The van der Waals surface area contributed by atoms with Crippen molar-refractivity contribution in [1.29, 1.82) is 0 Å². The Morgan fingerprint density at radius 1 is 1.17 bits per heavy atom. The summed E-state index contributed by atoms with van der Waals surface area (Å²) in [4.78, 5) is 23.7. The summed E-state index contributed by atoms with van der Waals surface area (Å²) in [6.07, 6.45) is 6.55. The summed E-state index contributed by atoms with van der Waals surface area (Å²) in [6.45, 7) is 4.59. The van der Waals surface area contributed by atoms with Crippen molar-refractivity contribution in [1.82, 2.24) is 0 Å². The Labute approximate surface area is 136 Å². The molecule has 0 fully saturated rings. The Morgan fingerprint density at radius 3 is 2.43 bits per heavy atom. The van der Waals surface area contributed by atoms with Gasteiger partial charge in [0.25, 0.3) is 5.91 Å². The number of nitrogens with one attached hydrogen (secondary N) is 1. The Bertz CT molecular complexity index is 604. The van der Waals surface area contributed by atoms with E-state index in [9.17, 15) is 9.59 Å². The van der Waals surface area contributed by atoms with E-state index >= 15 is 0 Å². The molecule has 6 heteroatoms. The van der Waals surface area contributed by atoms with Crippen LogP contribution in [-0.2, 0) is 9.53 Å². The number of methoxy groups -OCH3 is 1. The molecule has 6 nitrogen and oxygen atoms in total. The third-order valence-electron chi connectivity index (χ3n) is 2.80. The van der Waals surface area contributed by atoms with Crippen LogP contribution in [0.4, 0.5) is 5.69 Å². The Balaban J connectivity index is 3.26. The van der Waals surface area contributed by atoms with Crippen molar-refractivity contribution in [2.45, 2.75) is 26.7 Å². The molecule has 0 bridgehead atoms. The van der Waals surface area contributed by atoms with Gasteiger partial charge in [-0.05, 0) is 18.8 Å². The molecule has 1 amide bonds. The smallest absolute Gasteiger partial charge is 0.340 e. The van der Waals surface area contributed by atoms with Crippen molar-refractivity contribution in [3.63, 3.8) is 0 Å². The average Bonchev–Trinajstić information content (AvgIpc) is 2.57. The van der Waals surface area contributed by atoms with Crippen LogP contribution in [0.15, 0.2) is 12.1 Å². The Morgan fingerprint density at radius 2 is 1.87 bits per heavy atom. The first-order valence-electron chi connectivity index (χ1n) is 7.36. The number of hydrogen-bond donors (Lipinski definition) is 1. The van der Waals surface area contributed by atoms with Crippen LogP contribution in [0.2, 0.25) is 0 Å². The number of amides is 1. The van der Waals surface area contributed by atoms with E-state index in [1.165, 1.54) is 19.2 Å². The zero-order chi connectivity index (χ0) is 17.2. The lowest BCUT2D eigenvalue weighted by atomic mass is 10.1. The molecule has 0 radical (unpaired) electrons. The van der Waals surface area contributed by atoms with Crippen molar-refractivity contribution >= 4 is 17.6 Å². The van der Waals surface area contributed by atoms with Crippen molar-refractivity contribution in [3.8, 4) is 23.8 Å². The van der Waals surface area contributed by atoms with Crippen LogP contribution < -0.4 is 14.8 Å².